The molecule has 15 heavy (non-hydrogen) atoms. The van der Waals surface area contributed by atoms with E-state index in [2.05, 4.69) is 26.1 Å². The number of rotatable bonds is 2. The van der Waals surface area contributed by atoms with E-state index < -0.39 is 0 Å². The number of hydrogen-bond acceptors (Lipinski definition) is 2. The molecule has 0 aromatic heterocycles. The van der Waals surface area contributed by atoms with Gasteiger partial charge in [-0.1, -0.05) is 20.8 Å². The van der Waals surface area contributed by atoms with Gasteiger partial charge < -0.3 is 10.1 Å². The predicted molar refractivity (Wildman–Crippen MR) is 63.0 cm³/mol. The molecular formula is C13H25NO. The zero-order chi connectivity index (χ0) is 10.9. The highest BCUT2D eigenvalue weighted by molar-refractivity contribution is 4.99. The van der Waals surface area contributed by atoms with Crippen LogP contribution < -0.4 is 5.32 Å². The van der Waals surface area contributed by atoms with Gasteiger partial charge in [0, 0.05) is 12.6 Å². The molecule has 2 heteroatoms. The van der Waals surface area contributed by atoms with Gasteiger partial charge in [0.2, 0.25) is 0 Å². The Bertz CT molecular complexity index is 225. The van der Waals surface area contributed by atoms with Crippen LogP contribution in [0.3, 0.4) is 0 Å². The Morgan fingerprint density at radius 2 is 2.13 bits per heavy atom. The fraction of sp³-hybridized carbons (Fsp3) is 1.00. The normalized spacial score (nSPS) is 39.8. The maximum Gasteiger partial charge on any atom is 0.0702 e. The van der Waals surface area contributed by atoms with Crippen LogP contribution in [0.25, 0.3) is 0 Å². The first-order valence-electron chi connectivity index (χ1n) is 6.43. The van der Waals surface area contributed by atoms with E-state index in [4.69, 9.17) is 4.74 Å². The second-order valence-corrected chi connectivity index (χ2v) is 6.12. The van der Waals surface area contributed by atoms with Gasteiger partial charge in [0.05, 0.1) is 5.60 Å². The summed E-state index contributed by atoms with van der Waals surface area (Å²) in [4.78, 5) is 0. The highest BCUT2D eigenvalue weighted by atomic mass is 16.5. The van der Waals surface area contributed by atoms with E-state index in [9.17, 15) is 0 Å². The SMILES string of the molecule is CCNC1CCOC2(CCC(C)(C)C2)C1. The third kappa shape index (κ3) is 2.54. The van der Waals surface area contributed by atoms with Crippen LogP contribution in [0.1, 0.15) is 52.9 Å². The molecule has 2 rings (SSSR count). The monoisotopic (exact) mass is 211 g/mol. The van der Waals surface area contributed by atoms with E-state index in [-0.39, 0.29) is 5.60 Å². The topological polar surface area (TPSA) is 21.3 Å². The van der Waals surface area contributed by atoms with Crippen molar-refractivity contribution < 1.29 is 4.74 Å². The Morgan fingerprint density at radius 1 is 1.33 bits per heavy atom. The van der Waals surface area contributed by atoms with E-state index in [1.165, 1.54) is 32.1 Å². The summed E-state index contributed by atoms with van der Waals surface area (Å²) >= 11 is 0. The Morgan fingerprint density at radius 3 is 2.73 bits per heavy atom. The van der Waals surface area contributed by atoms with Crippen molar-refractivity contribution in [1.29, 1.82) is 0 Å². The Hall–Kier alpha value is -0.0800. The summed E-state index contributed by atoms with van der Waals surface area (Å²) in [5, 5.41) is 3.58. The molecule has 1 aliphatic carbocycles. The molecule has 1 N–H and O–H groups in total. The summed E-state index contributed by atoms with van der Waals surface area (Å²) < 4.78 is 6.10. The maximum atomic E-state index is 6.10. The van der Waals surface area contributed by atoms with E-state index in [0.717, 1.165) is 13.2 Å². The van der Waals surface area contributed by atoms with Crippen molar-refractivity contribution >= 4 is 0 Å². The number of ether oxygens (including phenoxy) is 1. The fourth-order valence-corrected chi connectivity index (χ4v) is 3.40. The lowest BCUT2D eigenvalue weighted by Gasteiger charge is -2.39. The van der Waals surface area contributed by atoms with Crippen molar-refractivity contribution in [2.24, 2.45) is 5.41 Å². The van der Waals surface area contributed by atoms with Gasteiger partial charge in [0.15, 0.2) is 0 Å². The van der Waals surface area contributed by atoms with Crippen LogP contribution in [0.2, 0.25) is 0 Å². The molecule has 0 bridgehead atoms. The smallest absolute Gasteiger partial charge is 0.0702 e. The zero-order valence-corrected chi connectivity index (χ0v) is 10.4. The Kier molecular flexibility index (Phi) is 3.09. The summed E-state index contributed by atoms with van der Waals surface area (Å²) in [7, 11) is 0. The third-order valence-electron chi connectivity index (χ3n) is 4.04. The fourth-order valence-electron chi connectivity index (χ4n) is 3.40. The summed E-state index contributed by atoms with van der Waals surface area (Å²) in [6.07, 6.45) is 6.26. The van der Waals surface area contributed by atoms with Crippen molar-refractivity contribution in [2.75, 3.05) is 13.2 Å². The van der Waals surface area contributed by atoms with Crippen LogP contribution in [-0.2, 0) is 4.74 Å². The van der Waals surface area contributed by atoms with Crippen molar-refractivity contribution in [3.05, 3.63) is 0 Å². The van der Waals surface area contributed by atoms with E-state index in [1.54, 1.807) is 0 Å². The van der Waals surface area contributed by atoms with Crippen LogP contribution in [0.4, 0.5) is 0 Å². The average Bonchev–Trinajstić information content (AvgIpc) is 2.42. The predicted octanol–water partition coefficient (Wildman–Crippen LogP) is 2.72. The molecule has 1 saturated carbocycles. The van der Waals surface area contributed by atoms with Gasteiger partial charge in [-0.2, -0.15) is 0 Å². The lowest BCUT2D eigenvalue weighted by molar-refractivity contribution is -0.0885. The second kappa shape index (κ2) is 4.06. The molecule has 0 amide bonds. The maximum absolute atomic E-state index is 6.10. The van der Waals surface area contributed by atoms with Gasteiger partial charge in [0.25, 0.3) is 0 Å². The Balaban J connectivity index is 1.97. The van der Waals surface area contributed by atoms with Crippen molar-refractivity contribution in [3.63, 3.8) is 0 Å². The molecule has 1 heterocycles. The lowest BCUT2D eigenvalue weighted by Crippen LogP contribution is -2.46. The molecule has 2 nitrogen and oxygen atoms in total. The molecule has 2 aliphatic rings. The van der Waals surface area contributed by atoms with Gasteiger partial charge in [-0.25, -0.2) is 0 Å². The zero-order valence-electron chi connectivity index (χ0n) is 10.4. The van der Waals surface area contributed by atoms with Crippen LogP contribution >= 0.6 is 0 Å². The molecular weight excluding hydrogens is 186 g/mol. The highest BCUT2D eigenvalue weighted by Gasteiger charge is 2.46. The minimum atomic E-state index is 0.217. The van der Waals surface area contributed by atoms with Crippen molar-refractivity contribution in [1.82, 2.24) is 5.32 Å². The van der Waals surface area contributed by atoms with E-state index in [0.29, 0.717) is 11.5 Å². The largest absolute Gasteiger partial charge is 0.375 e. The standard InChI is InChI=1S/C13H25NO/c1-4-14-11-5-8-15-13(9-11)7-6-12(2,3)10-13/h11,14H,4-10H2,1-3H3. The van der Waals surface area contributed by atoms with Crippen molar-refractivity contribution in [3.8, 4) is 0 Å². The lowest BCUT2D eigenvalue weighted by atomic mass is 9.84. The van der Waals surface area contributed by atoms with E-state index in [1.807, 2.05) is 0 Å². The van der Waals surface area contributed by atoms with Gasteiger partial charge in [-0.05, 0) is 44.1 Å². The first-order chi connectivity index (χ1) is 7.05. The number of nitrogens with one attached hydrogen (secondary N) is 1. The summed E-state index contributed by atoms with van der Waals surface area (Å²) in [6.45, 7) is 8.99. The second-order valence-electron chi connectivity index (χ2n) is 6.12. The summed E-state index contributed by atoms with van der Waals surface area (Å²) in [5.41, 5.74) is 0.711. The molecule has 2 atom stereocenters. The third-order valence-corrected chi connectivity index (χ3v) is 4.04. The average molecular weight is 211 g/mol. The summed E-state index contributed by atoms with van der Waals surface area (Å²) in [6, 6.07) is 0.692. The molecule has 2 unspecified atom stereocenters. The van der Waals surface area contributed by atoms with Crippen molar-refractivity contribution in [2.45, 2.75) is 64.5 Å². The van der Waals surface area contributed by atoms with Gasteiger partial charge in [-0.15, -0.1) is 0 Å². The van der Waals surface area contributed by atoms with Crippen LogP contribution in [0.15, 0.2) is 0 Å². The molecule has 1 aliphatic heterocycles. The van der Waals surface area contributed by atoms with Crippen LogP contribution in [0, 0.1) is 5.41 Å². The van der Waals surface area contributed by atoms with E-state index >= 15 is 0 Å². The Labute approximate surface area is 93.8 Å². The van der Waals surface area contributed by atoms with Gasteiger partial charge in [-0.3, -0.25) is 0 Å². The molecule has 2 fully saturated rings. The molecule has 0 aromatic carbocycles. The molecule has 1 spiro atoms. The minimum absolute atomic E-state index is 0.217. The quantitative estimate of drug-likeness (QED) is 0.758. The number of hydrogen-bond donors (Lipinski definition) is 1. The van der Waals surface area contributed by atoms with Gasteiger partial charge in [0.1, 0.15) is 0 Å². The van der Waals surface area contributed by atoms with Crippen LogP contribution in [0.5, 0.6) is 0 Å². The molecule has 0 aromatic rings. The first kappa shape index (κ1) is 11.4. The van der Waals surface area contributed by atoms with Gasteiger partial charge >= 0.3 is 0 Å². The molecule has 1 saturated heterocycles. The highest BCUT2D eigenvalue weighted by Crippen LogP contribution is 2.49. The first-order valence-corrected chi connectivity index (χ1v) is 6.43. The molecule has 88 valence electrons. The van der Waals surface area contributed by atoms with Crippen LogP contribution in [-0.4, -0.2) is 24.8 Å². The minimum Gasteiger partial charge on any atom is -0.375 e. The molecule has 0 radical (unpaired) electrons. The summed E-state index contributed by atoms with van der Waals surface area (Å²) in [5.74, 6) is 0.